The van der Waals surface area contributed by atoms with E-state index in [1.807, 2.05) is 54.6 Å². The van der Waals surface area contributed by atoms with Crippen molar-refractivity contribution in [2.24, 2.45) is 0 Å². The zero-order chi connectivity index (χ0) is 16.5. The number of amides is 1. The van der Waals surface area contributed by atoms with Crippen LogP contribution in [-0.2, 0) is 4.79 Å². The van der Waals surface area contributed by atoms with Crippen molar-refractivity contribution >= 4 is 27.5 Å². The summed E-state index contributed by atoms with van der Waals surface area (Å²) >= 11 is 3.37. The summed E-state index contributed by atoms with van der Waals surface area (Å²) in [6.07, 6.45) is 0.337. The van der Waals surface area contributed by atoms with Gasteiger partial charge in [0.1, 0.15) is 5.75 Å². The molecule has 0 bridgehead atoms. The highest BCUT2D eigenvalue weighted by Gasteiger charge is 2.13. The predicted octanol–water partition coefficient (Wildman–Crippen LogP) is 3.83. The van der Waals surface area contributed by atoms with Gasteiger partial charge in [-0.15, -0.1) is 0 Å². The Labute approximate surface area is 145 Å². The first-order chi connectivity index (χ1) is 11.1. The standard InChI is InChI=1S/C18H21BrN2O2/c1-14(23-17-10-8-15(19)9-11-17)18(22)21-13-5-12-20-16-6-3-2-4-7-16/h2-4,6-11,14,20H,5,12-13H2,1H3,(H,21,22). The lowest BCUT2D eigenvalue weighted by Gasteiger charge is -2.15. The number of carbonyl (C=O) groups is 1. The van der Waals surface area contributed by atoms with Gasteiger partial charge in [0.05, 0.1) is 0 Å². The number of ether oxygens (including phenoxy) is 1. The Morgan fingerprint density at radius 2 is 1.78 bits per heavy atom. The molecule has 0 aliphatic carbocycles. The fraction of sp³-hybridized carbons (Fsp3) is 0.278. The average Bonchev–Trinajstić information content (AvgIpc) is 2.57. The van der Waals surface area contributed by atoms with Crippen LogP contribution >= 0.6 is 15.9 Å². The summed E-state index contributed by atoms with van der Waals surface area (Å²) in [4.78, 5) is 12.0. The number of para-hydroxylation sites is 1. The van der Waals surface area contributed by atoms with Gasteiger partial charge in [-0.1, -0.05) is 34.1 Å². The molecule has 0 aliphatic heterocycles. The topological polar surface area (TPSA) is 50.4 Å². The third-order valence-electron chi connectivity index (χ3n) is 3.25. The van der Waals surface area contributed by atoms with Crippen molar-refractivity contribution in [1.82, 2.24) is 5.32 Å². The van der Waals surface area contributed by atoms with E-state index in [4.69, 9.17) is 4.74 Å². The molecule has 5 heteroatoms. The van der Waals surface area contributed by atoms with Gasteiger partial charge < -0.3 is 15.4 Å². The van der Waals surface area contributed by atoms with Gasteiger partial charge in [0, 0.05) is 23.2 Å². The Balaban J connectivity index is 1.63. The first kappa shape index (κ1) is 17.3. The minimum atomic E-state index is -0.516. The van der Waals surface area contributed by atoms with Crippen LogP contribution in [0.15, 0.2) is 59.1 Å². The number of anilines is 1. The second kappa shape index (κ2) is 9.20. The molecule has 0 radical (unpaired) electrons. The lowest BCUT2D eigenvalue weighted by atomic mass is 10.3. The minimum Gasteiger partial charge on any atom is -0.481 e. The summed E-state index contributed by atoms with van der Waals surface area (Å²) in [5.74, 6) is 0.578. The summed E-state index contributed by atoms with van der Waals surface area (Å²) in [5, 5.41) is 6.19. The summed E-state index contributed by atoms with van der Waals surface area (Å²) < 4.78 is 6.59. The zero-order valence-electron chi connectivity index (χ0n) is 13.1. The van der Waals surface area contributed by atoms with Gasteiger partial charge in [0.2, 0.25) is 0 Å². The number of carbonyl (C=O) groups excluding carboxylic acids is 1. The van der Waals surface area contributed by atoms with Crippen LogP contribution in [0.1, 0.15) is 13.3 Å². The summed E-state index contributed by atoms with van der Waals surface area (Å²) in [6, 6.07) is 17.4. The third-order valence-corrected chi connectivity index (χ3v) is 3.78. The van der Waals surface area contributed by atoms with Gasteiger partial charge in [-0.2, -0.15) is 0 Å². The highest BCUT2D eigenvalue weighted by atomic mass is 79.9. The molecule has 0 heterocycles. The molecule has 1 amide bonds. The van der Waals surface area contributed by atoms with Crippen molar-refractivity contribution in [3.05, 3.63) is 59.1 Å². The molecule has 122 valence electrons. The molecule has 1 unspecified atom stereocenters. The predicted molar refractivity (Wildman–Crippen MR) is 96.8 cm³/mol. The maximum Gasteiger partial charge on any atom is 0.260 e. The van der Waals surface area contributed by atoms with E-state index in [0.29, 0.717) is 12.3 Å². The fourth-order valence-electron chi connectivity index (χ4n) is 2.00. The van der Waals surface area contributed by atoms with Gasteiger partial charge in [0.25, 0.3) is 5.91 Å². The molecule has 0 aromatic heterocycles. The number of rotatable bonds is 8. The van der Waals surface area contributed by atoms with Gasteiger partial charge in [-0.05, 0) is 49.7 Å². The molecule has 0 aliphatic rings. The lowest BCUT2D eigenvalue weighted by Crippen LogP contribution is -2.37. The smallest absolute Gasteiger partial charge is 0.260 e. The van der Waals surface area contributed by atoms with E-state index < -0.39 is 6.10 Å². The quantitative estimate of drug-likeness (QED) is 0.688. The van der Waals surface area contributed by atoms with Gasteiger partial charge in [-0.25, -0.2) is 0 Å². The molecule has 0 saturated carbocycles. The molecule has 0 saturated heterocycles. The molecule has 2 rings (SSSR count). The van der Waals surface area contributed by atoms with Gasteiger partial charge in [0.15, 0.2) is 6.10 Å². The van der Waals surface area contributed by atoms with Crippen LogP contribution < -0.4 is 15.4 Å². The van der Waals surface area contributed by atoms with Crippen molar-refractivity contribution in [2.45, 2.75) is 19.4 Å². The summed E-state index contributed by atoms with van der Waals surface area (Å²) in [5.41, 5.74) is 1.09. The third kappa shape index (κ3) is 6.32. The lowest BCUT2D eigenvalue weighted by molar-refractivity contribution is -0.127. The molecule has 2 aromatic carbocycles. The zero-order valence-corrected chi connectivity index (χ0v) is 14.7. The van der Waals surface area contributed by atoms with Crippen LogP contribution in [0.2, 0.25) is 0 Å². The SMILES string of the molecule is CC(Oc1ccc(Br)cc1)C(=O)NCCCNc1ccccc1. The Morgan fingerprint density at radius 1 is 1.09 bits per heavy atom. The molecular formula is C18H21BrN2O2. The van der Waals surface area contributed by atoms with Crippen molar-refractivity contribution < 1.29 is 9.53 Å². The summed E-state index contributed by atoms with van der Waals surface area (Å²) in [6.45, 7) is 3.18. The molecular weight excluding hydrogens is 356 g/mol. The maximum absolute atomic E-state index is 12.0. The Kier molecular flexibility index (Phi) is 6.94. The molecule has 0 spiro atoms. The van der Waals surface area contributed by atoms with Crippen LogP contribution in [0, 0.1) is 0 Å². The highest BCUT2D eigenvalue weighted by molar-refractivity contribution is 9.10. The first-order valence-electron chi connectivity index (χ1n) is 7.64. The van der Waals surface area contributed by atoms with E-state index in [2.05, 4.69) is 26.6 Å². The Morgan fingerprint density at radius 3 is 2.48 bits per heavy atom. The molecule has 0 fully saturated rings. The Bertz CT molecular complexity index is 602. The monoisotopic (exact) mass is 376 g/mol. The average molecular weight is 377 g/mol. The van der Waals surface area contributed by atoms with E-state index in [1.165, 1.54) is 0 Å². The number of hydrogen-bond acceptors (Lipinski definition) is 3. The van der Waals surface area contributed by atoms with Crippen molar-refractivity contribution in [2.75, 3.05) is 18.4 Å². The van der Waals surface area contributed by atoms with Crippen LogP contribution in [-0.4, -0.2) is 25.1 Å². The van der Waals surface area contributed by atoms with Crippen molar-refractivity contribution in [3.63, 3.8) is 0 Å². The first-order valence-corrected chi connectivity index (χ1v) is 8.43. The van der Waals surface area contributed by atoms with Crippen LogP contribution in [0.4, 0.5) is 5.69 Å². The van der Waals surface area contributed by atoms with Crippen molar-refractivity contribution in [1.29, 1.82) is 0 Å². The maximum atomic E-state index is 12.0. The molecule has 2 aromatic rings. The van der Waals surface area contributed by atoms with E-state index in [0.717, 1.165) is 23.1 Å². The molecule has 4 nitrogen and oxygen atoms in total. The van der Waals surface area contributed by atoms with E-state index in [9.17, 15) is 4.79 Å². The Hall–Kier alpha value is -2.01. The van der Waals surface area contributed by atoms with Crippen LogP contribution in [0.25, 0.3) is 0 Å². The van der Waals surface area contributed by atoms with Crippen molar-refractivity contribution in [3.8, 4) is 5.75 Å². The fourth-order valence-corrected chi connectivity index (χ4v) is 2.27. The number of nitrogens with one attached hydrogen (secondary N) is 2. The van der Waals surface area contributed by atoms with E-state index in [-0.39, 0.29) is 5.91 Å². The van der Waals surface area contributed by atoms with Gasteiger partial charge in [-0.3, -0.25) is 4.79 Å². The largest absolute Gasteiger partial charge is 0.481 e. The van der Waals surface area contributed by atoms with Gasteiger partial charge >= 0.3 is 0 Å². The van der Waals surface area contributed by atoms with Crippen LogP contribution in [0.3, 0.4) is 0 Å². The van der Waals surface area contributed by atoms with E-state index in [1.54, 1.807) is 6.92 Å². The van der Waals surface area contributed by atoms with Crippen LogP contribution in [0.5, 0.6) is 5.75 Å². The number of benzene rings is 2. The van der Waals surface area contributed by atoms with E-state index >= 15 is 0 Å². The summed E-state index contributed by atoms with van der Waals surface area (Å²) in [7, 11) is 0. The second-order valence-electron chi connectivity index (χ2n) is 5.15. The highest BCUT2D eigenvalue weighted by Crippen LogP contribution is 2.17. The number of halogens is 1. The molecule has 2 N–H and O–H groups in total. The molecule has 23 heavy (non-hydrogen) atoms. The normalized spacial score (nSPS) is 11.6. The molecule has 1 atom stereocenters. The number of hydrogen-bond donors (Lipinski definition) is 2. The minimum absolute atomic E-state index is 0.104. The second-order valence-corrected chi connectivity index (χ2v) is 6.07.